The number of anilines is 1. The minimum absolute atomic E-state index is 0.0382. The number of benzene rings is 2. The van der Waals surface area contributed by atoms with Crippen LogP contribution in [0.15, 0.2) is 48.5 Å². The zero-order chi connectivity index (χ0) is 18.9. The fourth-order valence-corrected chi connectivity index (χ4v) is 2.24. The molecule has 26 heavy (non-hydrogen) atoms. The molecule has 0 aromatic heterocycles. The largest absolute Gasteiger partial charge is 0.484 e. The van der Waals surface area contributed by atoms with E-state index in [-0.39, 0.29) is 12.5 Å². The maximum atomic E-state index is 12.0. The van der Waals surface area contributed by atoms with Gasteiger partial charge >= 0.3 is 6.09 Å². The molecule has 2 aromatic carbocycles. The lowest BCUT2D eigenvalue weighted by Crippen LogP contribution is -2.28. The Morgan fingerprint density at radius 2 is 1.81 bits per heavy atom. The first-order valence-electron chi connectivity index (χ1n) is 8.41. The summed E-state index contributed by atoms with van der Waals surface area (Å²) in [4.78, 5) is 23.1. The molecule has 0 bridgehead atoms. The van der Waals surface area contributed by atoms with Gasteiger partial charge < -0.3 is 14.8 Å². The Bertz CT molecular complexity index is 742. The van der Waals surface area contributed by atoms with Crippen LogP contribution in [0.25, 0.3) is 0 Å². The van der Waals surface area contributed by atoms with Gasteiger partial charge in [-0.2, -0.15) is 0 Å². The summed E-state index contributed by atoms with van der Waals surface area (Å²) < 4.78 is 10.1. The Hall–Kier alpha value is -3.02. The van der Waals surface area contributed by atoms with E-state index in [1.54, 1.807) is 12.1 Å². The number of carbonyl (C=O) groups is 2. The fourth-order valence-electron chi connectivity index (χ4n) is 2.24. The van der Waals surface area contributed by atoms with E-state index in [9.17, 15) is 9.59 Å². The van der Waals surface area contributed by atoms with Gasteiger partial charge in [-0.05, 0) is 41.3 Å². The second kappa shape index (κ2) is 9.46. The zero-order valence-electron chi connectivity index (χ0n) is 15.2. The molecule has 2 amide bonds. The van der Waals surface area contributed by atoms with Gasteiger partial charge in [-0.25, -0.2) is 4.79 Å². The highest BCUT2D eigenvalue weighted by molar-refractivity contribution is 5.84. The number of rotatable bonds is 7. The first-order valence-corrected chi connectivity index (χ1v) is 8.41. The van der Waals surface area contributed by atoms with E-state index in [0.717, 1.165) is 5.56 Å². The first-order chi connectivity index (χ1) is 12.5. The van der Waals surface area contributed by atoms with Crippen molar-refractivity contribution in [1.29, 1.82) is 0 Å². The number of ether oxygens (including phenoxy) is 2. The Balaban J connectivity index is 1.78. The van der Waals surface area contributed by atoms with Crippen molar-refractivity contribution in [3.8, 4) is 5.75 Å². The quantitative estimate of drug-likeness (QED) is 0.793. The van der Waals surface area contributed by atoms with Crippen LogP contribution in [-0.2, 0) is 16.1 Å². The third-order valence-electron chi connectivity index (χ3n) is 3.77. The summed E-state index contributed by atoms with van der Waals surface area (Å²) >= 11 is 0. The van der Waals surface area contributed by atoms with E-state index in [1.165, 1.54) is 12.7 Å². The van der Waals surface area contributed by atoms with Crippen molar-refractivity contribution in [3.05, 3.63) is 59.7 Å². The standard InChI is InChI=1S/C20H24N2O4/c1-14(2)16-5-4-6-18(11-16)26-13-19(23)21-12-15-7-9-17(10-8-15)22-20(24)25-3/h4-11,14H,12-13H2,1-3H3,(H,21,23)(H,22,24). The van der Waals surface area contributed by atoms with Gasteiger partial charge in [0.05, 0.1) is 7.11 Å². The zero-order valence-corrected chi connectivity index (χ0v) is 15.2. The molecule has 0 spiro atoms. The molecule has 0 saturated heterocycles. The lowest BCUT2D eigenvalue weighted by molar-refractivity contribution is -0.123. The van der Waals surface area contributed by atoms with Crippen molar-refractivity contribution in [3.63, 3.8) is 0 Å². The Kier molecular flexibility index (Phi) is 7.02. The molecule has 2 N–H and O–H groups in total. The number of methoxy groups -OCH3 is 1. The average Bonchev–Trinajstić information content (AvgIpc) is 2.66. The van der Waals surface area contributed by atoms with E-state index in [0.29, 0.717) is 23.9 Å². The second-order valence-corrected chi connectivity index (χ2v) is 6.11. The van der Waals surface area contributed by atoms with Crippen LogP contribution in [0.3, 0.4) is 0 Å². The molecule has 2 rings (SSSR count). The summed E-state index contributed by atoms with van der Waals surface area (Å²) in [5, 5.41) is 5.37. The van der Waals surface area contributed by atoms with Gasteiger partial charge in [-0.3, -0.25) is 10.1 Å². The molecule has 0 fully saturated rings. The Morgan fingerprint density at radius 1 is 1.08 bits per heavy atom. The van der Waals surface area contributed by atoms with Crippen LogP contribution in [0.2, 0.25) is 0 Å². The maximum absolute atomic E-state index is 12.0. The van der Waals surface area contributed by atoms with Gasteiger partial charge in [0.2, 0.25) is 0 Å². The van der Waals surface area contributed by atoms with Crippen LogP contribution in [0, 0.1) is 0 Å². The van der Waals surface area contributed by atoms with Crippen LogP contribution in [0.1, 0.15) is 30.9 Å². The van der Waals surface area contributed by atoms with E-state index in [1.807, 2.05) is 36.4 Å². The molecule has 0 aliphatic rings. The molecular formula is C20H24N2O4. The first kappa shape index (κ1) is 19.3. The summed E-state index contributed by atoms with van der Waals surface area (Å²) in [6.45, 7) is 4.56. The molecule has 0 radical (unpaired) electrons. The van der Waals surface area contributed by atoms with Gasteiger partial charge in [0.15, 0.2) is 6.61 Å². The van der Waals surface area contributed by atoms with Crippen molar-refractivity contribution < 1.29 is 19.1 Å². The third-order valence-corrected chi connectivity index (χ3v) is 3.77. The van der Waals surface area contributed by atoms with E-state index < -0.39 is 6.09 Å². The van der Waals surface area contributed by atoms with Crippen LogP contribution in [0.4, 0.5) is 10.5 Å². The minimum Gasteiger partial charge on any atom is -0.484 e. The minimum atomic E-state index is -0.523. The SMILES string of the molecule is COC(=O)Nc1ccc(CNC(=O)COc2cccc(C(C)C)c2)cc1. The number of amides is 2. The van der Waals surface area contributed by atoms with Crippen LogP contribution in [0.5, 0.6) is 5.75 Å². The average molecular weight is 356 g/mol. The lowest BCUT2D eigenvalue weighted by atomic mass is 10.0. The number of hydrogen-bond acceptors (Lipinski definition) is 4. The van der Waals surface area contributed by atoms with Gasteiger partial charge in [0.1, 0.15) is 5.75 Å². The van der Waals surface area contributed by atoms with Crippen LogP contribution < -0.4 is 15.4 Å². The van der Waals surface area contributed by atoms with Crippen LogP contribution in [-0.4, -0.2) is 25.7 Å². The predicted molar refractivity (Wildman–Crippen MR) is 100 cm³/mol. The molecule has 6 heteroatoms. The normalized spacial score (nSPS) is 10.3. The molecule has 0 unspecified atom stereocenters. The highest BCUT2D eigenvalue weighted by Crippen LogP contribution is 2.20. The Labute approximate surface area is 153 Å². The number of carbonyl (C=O) groups excluding carboxylic acids is 2. The van der Waals surface area contributed by atoms with Crippen molar-refractivity contribution >= 4 is 17.7 Å². The monoisotopic (exact) mass is 356 g/mol. The second-order valence-electron chi connectivity index (χ2n) is 6.11. The molecule has 138 valence electrons. The topological polar surface area (TPSA) is 76.7 Å². The number of nitrogens with one attached hydrogen (secondary N) is 2. The molecule has 6 nitrogen and oxygen atoms in total. The summed E-state index contributed by atoms with van der Waals surface area (Å²) in [7, 11) is 1.31. The molecule has 0 heterocycles. The van der Waals surface area contributed by atoms with Gasteiger partial charge in [-0.15, -0.1) is 0 Å². The molecule has 0 aliphatic heterocycles. The van der Waals surface area contributed by atoms with E-state index in [2.05, 4.69) is 29.2 Å². The molecular weight excluding hydrogens is 332 g/mol. The van der Waals surface area contributed by atoms with Crippen molar-refractivity contribution in [2.75, 3.05) is 19.0 Å². The molecule has 0 aliphatic carbocycles. The third kappa shape index (κ3) is 6.12. The van der Waals surface area contributed by atoms with Crippen molar-refractivity contribution in [1.82, 2.24) is 5.32 Å². The highest BCUT2D eigenvalue weighted by atomic mass is 16.5. The lowest BCUT2D eigenvalue weighted by Gasteiger charge is -2.10. The van der Waals surface area contributed by atoms with E-state index >= 15 is 0 Å². The molecule has 0 atom stereocenters. The molecule has 2 aromatic rings. The number of hydrogen-bond donors (Lipinski definition) is 2. The maximum Gasteiger partial charge on any atom is 0.411 e. The van der Waals surface area contributed by atoms with Gasteiger partial charge in [-0.1, -0.05) is 38.1 Å². The predicted octanol–water partition coefficient (Wildman–Crippen LogP) is 3.68. The molecule has 0 saturated carbocycles. The van der Waals surface area contributed by atoms with Crippen molar-refractivity contribution in [2.45, 2.75) is 26.3 Å². The smallest absolute Gasteiger partial charge is 0.411 e. The summed E-state index contributed by atoms with van der Waals surface area (Å²) in [6, 6.07) is 14.9. The summed E-state index contributed by atoms with van der Waals surface area (Å²) in [5.41, 5.74) is 2.71. The van der Waals surface area contributed by atoms with Crippen LogP contribution >= 0.6 is 0 Å². The summed E-state index contributed by atoms with van der Waals surface area (Å²) in [5.74, 6) is 0.894. The van der Waals surface area contributed by atoms with E-state index in [4.69, 9.17) is 4.74 Å². The Morgan fingerprint density at radius 3 is 2.46 bits per heavy atom. The summed E-state index contributed by atoms with van der Waals surface area (Å²) in [6.07, 6.45) is -0.523. The van der Waals surface area contributed by atoms with Crippen molar-refractivity contribution in [2.24, 2.45) is 0 Å². The fraction of sp³-hybridized carbons (Fsp3) is 0.300. The van der Waals surface area contributed by atoms with Gasteiger partial charge in [0.25, 0.3) is 5.91 Å². The highest BCUT2D eigenvalue weighted by Gasteiger charge is 2.06. The van der Waals surface area contributed by atoms with Gasteiger partial charge in [0, 0.05) is 12.2 Å².